The lowest BCUT2D eigenvalue weighted by molar-refractivity contribution is 0.485. The minimum Gasteiger partial charge on any atom is -0.383 e. The molecule has 1 aliphatic rings. The first-order valence-corrected chi connectivity index (χ1v) is 11.1. The number of hydrogen-bond donors (Lipinski definition) is 1. The highest BCUT2D eigenvalue weighted by Gasteiger charge is 2.41. The first-order valence-electron chi connectivity index (χ1n) is 7.35. The molecule has 1 aromatic rings. The maximum absolute atomic E-state index is 12.0. The summed E-state index contributed by atoms with van der Waals surface area (Å²) in [6.07, 6.45) is 6.71. The predicted octanol–water partition coefficient (Wildman–Crippen LogP) is 2.49. The van der Waals surface area contributed by atoms with E-state index in [9.17, 15) is 16.8 Å². The summed E-state index contributed by atoms with van der Waals surface area (Å²) in [6, 6.07) is 4.24. The number of nitrogens with one attached hydrogen (secondary N) is 1. The van der Waals surface area contributed by atoms with E-state index in [1.54, 1.807) is 6.07 Å². The van der Waals surface area contributed by atoms with Crippen LogP contribution < -0.4 is 5.32 Å². The topological polar surface area (TPSA) is 80.3 Å². The van der Waals surface area contributed by atoms with Gasteiger partial charge in [0.2, 0.25) is 0 Å². The summed E-state index contributed by atoms with van der Waals surface area (Å²) in [5, 5.41) is 3.21. The van der Waals surface area contributed by atoms with Gasteiger partial charge in [0.15, 0.2) is 19.7 Å². The van der Waals surface area contributed by atoms with Crippen LogP contribution in [0.3, 0.4) is 0 Å². The highest BCUT2D eigenvalue weighted by atomic mass is 32.2. The van der Waals surface area contributed by atoms with Gasteiger partial charge in [0.1, 0.15) is 0 Å². The van der Waals surface area contributed by atoms with Crippen LogP contribution in [-0.4, -0.2) is 35.9 Å². The Morgan fingerprint density at radius 2 is 1.73 bits per heavy atom. The van der Waals surface area contributed by atoms with Gasteiger partial charge in [-0.1, -0.05) is 13.3 Å². The van der Waals surface area contributed by atoms with Gasteiger partial charge in [0.25, 0.3) is 0 Å². The maximum Gasteiger partial charge on any atom is 0.177 e. The van der Waals surface area contributed by atoms with Gasteiger partial charge >= 0.3 is 0 Å². The number of anilines is 1. The third-order valence-corrected chi connectivity index (χ3v) is 6.42. The SMILES string of the molecule is CCCC1(CNc2ccc(S(C)(=O)=O)cc2S(C)(=O)=O)CC1. The Bertz CT molecular complexity index is 763. The average molecular weight is 345 g/mol. The van der Waals surface area contributed by atoms with Gasteiger partial charge in [0.05, 0.1) is 15.5 Å². The molecule has 0 saturated heterocycles. The second kappa shape index (κ2) is 5.85. The Hall–Kier alpha value is -1.08. The van der Waals surface area contributed by atoms with Crippen LogP contribution in [0.15, 0.2) is 28.0 Å². The average Bonchev–Trinajstić information content (AvgIpc) is 3.15. The van der Waals surface area contributed by atoms with Crippen LogP contribution in [0, 0.1) is 5.41 Å². The van der Waals surface area contributed by atoms with E-state index in [1.165, 1.54) is 12.1 Å². The van der Waals surface area contributed by atoms with Crippen molar-refractivity contribution >= 4 is 25.4 Å². The summed E-state index contributed by atoms with van der Waals surface area (Å²) in [6.45, 7) is 2.87. The van der Waals surface area contributed by atoms with Crippen molar-refractivity contribution in [2.75, 3.05) is 24.4 Å². The van der Waals surface area contributed by atoms with Crippen molar-refractivity contribution in [1.29, 1.82) is 0 Å². The molecule has 124 valence electrons. The van der Waals surface area contributed by atoms with Crippen LogP contribution in [0.5, 0.6) is 0 Å². The van der Waals surface area contributed by atoms with E-state index in [0.717, 1.165) is 44.7 Å². The van der Waals surface area contributed by atoms with Crippen LogP contribution in [0.2, 0.25) is 0 Å². The Morgan fingerprint density at radius 3 is 2.18 bits per heavy atom. The van der Waals surface area contributed by atoms with E-state index in [-0.39, 0.29) is 15.2 Å². The molecule has 7 heteroatoms. The minimum atomic E-state index is -3.50. The molecule has 0 unspecified atom stereocenters. The van der Waals surface area contributed by atoms with Gasteiger partial charge in [-0.15, -0.1) is 0 Å². The molecule has 0 aromatic heterocycles. The highest BCUT2D eigenvalue weighted by Crippen LogP contribution is 2.49. The molecule has 0 aliphatic heterocycles. The Morgan fingerprint density at radius 1 is 1.09 bits per heavy atom. The molecule has 1 fully saturated rings. The quantitative estimate of drug-likeness (QED) is 0.821. The molecular weight excluding hydrogens is 322 g/mol. The lowest BCUT2D eigenvalue weighted by atomic mass is 10.0. The normalized spacial score (nSPS) is 17.2. The molecule has 1 saturated carbocycles. The molecule has 1 aliphatic carbocycles. The number of rotatable bonds is 7. The molecule has 5 nitrogen and oxygen atoms in total. The molecule has 2 rings (SSSR count). The molecule has 0 spiro atoms. The van der Waals surface area contributed by atoms with Gasteiger partial charge in [-0.05, 0) is 42.9 Å². The maximum atomic E-state index is 12.0. The molecule has 22 heavy (non-hydrogen) atoms. The zero-order valence-electron chi connectivity index (χ0n) is 13.2. The fraction of sp³-hybridized carbons (Fsp3) is 0.600. The summed E-state index contributed by atoms with van der Waals surface area (Å²) in [5.41, 5.74) is 0.760. The second-order valence-electron chi connectivity index (χ2n) is 6.31. The minimum absolute atomic E-state index is 0.0215. The van der Waals surface area contributed by atoms with E-state index in [0.29, 0.717) is 5.69 Å². The van der Waals surface area contributed by atoms with E-state index >= 15 is 0 Å². The molecule has 1 aromatic carbocycles. The fourth-order valence-corrected chi connectivity index (χ4v) is 4.29. The standard InChI is InChI=1S/C15H23NO4S2/c1-4-7-15(8-9-15)11-16-13-6-5-12(21(2,17)18)10-14(13)22(3,19)20/h5-6,10,16H,4,7-9,11H2,1-3H3. The van der Waals surface area contributed by atoms with Gasteiger partial charge in [-0.3, -0.25) is 0 Å². The molecule has 0 radical (unpaired) electrons. The molecular formula is C15H23NO4S2. The molecule has 0 heterocycles. The number of hydrogen-bond acceptors (Lipinski definition) is 5. The van der Waals surface area contributed by atoms with E-state index < -0.39 is 19.7 Å². The number of sulfone groups is 2. The molecule has 0 atom stereocenters. The summed E-state index contributed by atoms with van der Waals surface area (Å²) < 4.78 is 47.2. The first-order chi connectivity index (χ1) is 10.1. The van der Waals surface area contributed by atoms with Crippen molar-refractivity contribution in [3.63, 3.8) is 0 Å². The van der Waals surface area contributed by atoms with Crippen molar-refractivity contribution in [2.24, 2.45) is 5.41 Å². The van der Waals surface area contributed by atoms with Crippen molar-refractivity contribution in [3.05, 3.63) is 18.2 Å². The van der Waals surface area contributed by atoms with Crippen LogP contribution >= 0.6 is 0 Å². The van der Waals surface area contributed by atoms with Crippen molar-refractivity contribution in [2.45, 2.75) is 42.4 Å². The van der Waals surface area contributed by atoms with E-state index in [1.807, 2.05) is 0 Å². The van der Waals surface area contributed by atoms with Crippen LogP contribution in [0.1, 0.15) is 32.6 Å². The summed E-state index contributed by atoms with van der Waals surface area (Å²) in [7, 11) is -6.94. The zero-order valence-corrected chi connectivity index (χ0v) is 14.9. The monoisotopic (exact) mass is 345 g/mol. The Labute approximate surface area is 133 Å². The lowest BCUT2D eigenvalue weighted by Gasteiger charge is -2.18. The zero-order chi connectivity index (χ0) is 16.6. The third kappa shape index (κ3) is 4.01. The molecule has 1 N–H and O–H groups in total. The van der Waals surface area contributed by atoms with Gasteiger partial charge in [0, 0.05) is 19.1 Å². The summed E-state index contributed by atoms with van der Waals surface area (Å²) in [4.78, 5) is 0.0656. The summed E-state index contributed by atoms with van der Waals surface area (Å²) in [5.74, 6) is 0. The van der Waals surface area contributed by atoms with Crippen molar-refractivity contribution in [3.8, 4) is 0 Å². The Kier molecular flexibility index (Phi) is 4.59. The van der Waals surface area contributed by atoms with Crippen molar-refractivity contribution in [1.82, 2.24) is 0 Å². The second-order valence-corrected chi connectivity index (χ2v) is 10.3. The van der Waals surface area contributed by atoms with Crippen LogP contribution in [-0.2, 0) is 19.7 Å². The smallest absolute Gasteiger partial charge is 0.177 e. The van der Waals surface area contributed by atoms with E-state index in [4.69, 9.17) is 0 Å². The van der Waals surface area contributed by atoms with Gasteiger partial charge < -0.3 is 5.32 Å². The highest BCUT2D eigenvalue weighted by molar-refractivity contribution is 7.91. The Balaban J connectivity index is 2.31. The molecule has 0 amide bonds. The molecule has 0 bridgehead atoms. The van der Waals surface area contributed by atoms with Gasteiger partial charge in [-0.25, -0.2) is 16.8 Å². The van der Waals surface area contributed by atoms with Crippen LogP contribution in [0.4, 0.5) is 5.69 Å². The summed E-state index contributed by atoms with van der Waals surface area (Å²) >= 11 is 0. The first kappa shape index (κ1) is 17.3. The predicted molar refractivity (Wildman–Crippen MR) is 87.7 cm³/mol. The fourth-order valence-electron chi connectivity index (χ4n) is 2.69. The van der Waals surface area contributed by atoms with Gasteiger partial charge in [-0.2, -0.15) is 0 Å². The lowest BCUT2D eigenvalue weighted by Crippen LogP contribution is -2.17. The van der Waals surface area contributed by atoms with Crippen molar-refractivity contribution < 1.29 is 16.8 Å². The largest absolute Gasteiger partial charge is 0.383 e. The third-order valence-electron chi connectivity index (χ3n) is 4.17. The van der Waals surface area contributed by atoms with Crippen LogP contribution in [0.25, 0.3) is 0 Å². The van der Waals surface area contributed by atoms with E-state index in [2.05, 4.69) is 12.2 Å². The number of benzene rings is 1.